The number of aryl methyl sites for hydroxylation is 6. The predicted octanol–water partition coefficient (Wildman–Crippen LogP) is 10.1. The van der Waals surface area contributed by atoms with Crippen LogP contribution >= 0.6 is 11.3 Å². The number of rotatable bonds is 2. The molecule has 0 aliphatic heterocycles. The molecule has 0 atom stereocenters. The third-order valence-electron chi connectivity index (χ3n) is 7.51. The summed E-state index contributed by atoms with van der Waals surface area (Å²) in [5.74, 6) is 0. The third kappa shape index (κ3) is 5.63. The molecule has 207 valence electrons. The smallest absolute Gasteiger partial charge is 0.121 e. The van der Waals surface area contributed by atoms with Crippen molar-refractivity contribution in [2.24, 2.45) is 0 Å². The van der Waals surface area contributed by atoms with Crippen molar-refractivity contribution in [1.82, 2.24) is 9.97 Å². The molecule has 7 aromatic rings. The van der Waals surface area contributed by atoms with E-state index in [-0.39, 0.29) is 20.1 Å². The van der Waals surface area contributed by atoms with Crippen molar-refractivity contribution < 1.29 is 24.5 Å². The summed E-state index contributed by atoms with van der Waals surface area (Å²) >= 11 is 1.85. The maximum absolute atomic E-state index is 6.27. The van der Waals surface area contributed by atoms with Crippen LogP contribution in [0.5, 0.6) is 0 Å². The van der Waals surface area contributed by atoms with Gasteiger partial charge < -0.3 is 14.4 Å². The fourth-order valence-corrected chi connectivity index (χ4v) is 5.91. The van der Waals surface area contributed by atoms with E-state index < -0.39 is 0 Å². The fourth-order valence-electron chi connectivity index (χ4n) is 4.82. The van der Waals surface area contributed by atoms with Crippen molar-refractivity contribution in [2.75, 3.05) is 0 Å². The quantitative estimate of drug-likeness (QED) is 0.166. The molecule has 0 bridgehead atoms. The van der Waals surface area contributed by atoms with Crippen LogP contribution < -0.4 is 0 Å². The third-order valence-corrected chi connectivity index (χ3v) is 8.68. The fraction of sp³-hybridized carbons (Fsp3) is 0.167. The number of thiophene rings is 1. The Morgan fingerprint density at radius 2 is 1.49 bits per heavy atom. The molecule has 4 heterocycles. The summed E-state index contributed by atoms with van der Waals surface area (Å²) < 4.78 is 7.59. The number of benzene rings is 3. The van der Waals surface area contributed by atoms with E-state index in [0.717, 1.165) is 50.0 Å². The summed E-state index contributed by atoms with van der Waals surface area (Å²) in [4.78, 5) is 10.3. The van der Waals surface area contributed by atoms with Crippen molar-refractivity contribution in [3.05, 3.63) is 118 Å². The van der Waals surface area contributed by atoms with Gasteiger partial charge >= 0.3 is 0 Å². The minimum atomic E-state index is 0. The molecule has 0 N–H and O–H groups in total. The van der Waals surface area contributed by atoms with Crippen LogP contribution in [0.25, 0.3) is 54.5 Å². The molecule has 5 heteroatoms. The van der Waals surface area contributed by atoms with E-state index in [0.29, 0.717) is 0 Å². The topological polar surface area (TPSA) is 38.9 Å². The normalized spacial score (nSPS) is 11.0. The second-order valence-electron chi connectivity index (χ2n) is 10.5. The van der Waals surface area contributed by atoms with E-state index in [4.69, 9.17) is 4.42 Å². The van der Waals surface area contributed by atoms with Crippen molar-refractivity contribution in [1.29, 1.82) is 0 Å². The molecule has 0 amide bonds. The van der Waals surface area contributed by atoms with E-state index in [1.54, 1.807) is 0 Å². The van der Waals surface area contributed by atoms with Crippen LogP contribution in [0.3, 0.4) is 0 Å². The average molecular weight is 731 g/mol. The van der Waals surface area contributed by atoms with Gasteiger partial charge in [-0.15, -0.1) is 64.9 Å². The Bertz CT molecular complexity index is 2000. The van der Waals surface area contributed by atoms with Crippen LogP contribution in [0.4, 0.5) is 0 Å². The molecule has 3 aromatic carbocycles. The minimum Gasteiger partial charge on any atom is -0.501 e. The second-order valence-corrected chi connectivity index (χ2v) is 11.7. The first-order chi connectivity index (χ1) is 19.3. The van der Waals surface area contributed by atoms with Gasteiger partial charge in [0, 0.05) is 47.5 Å². The number of aromatic nitrogens is 2. The number of furan rings is 1. The van der Waals surface area contributed by atoms with Crippen molar-refractivity contribution >= 4 is 43.4 Å². The molecular formula is C36H30IrN2OS-2. The van der Waals surface area contributed by atoms with Crippen LogP contribution in [0, 0.1) is 53.7 Å². The van der Waals surface area contributed by atoms with Crippen LogP contribution in [-0.2, 0) is 20.1 Å². The number of hydrogen-bond acceptors (Lipinski definition) is 4. The van der Waals surface area contributed by atoms with Crippen molar-refractivity contribution in [3.8, 4) is 22.5 Å². The standard InChI is InChI=1S/C22H16NOS.C14H14N.Ir/c1-12-7-8-19(23-11-12)16-6-4-5-15-18-10-21-17(13(2)14(3)25-21)9-20(18)24-22(15)16;1-10-4-6-13(7-5-10)14-8-11(2)12(3)9-15-14;/h4-5,7-11H,1-3H3;4-6,8-9H,1-3H3;/q2*-1;. The molecule has 41 heavy (non-hydrogen) atoms. The maximum atomic E-state index is 6.27. The largest absolute Gasteiger partial charge is 0.501 e. The van der Waals surface area contributed by atoms with Crippen LogP contribution in [-0.4, -0.2) is 9.97 Å². The van der Waals surface area contributed by atoms with E-state index >= 15 is 0 Å². The molecule has 1 radical (unpaired) electrons. The van der Waals surface area contributed by atoms with Gasteiger partial charge in [0.15, 0.2) is 0 Å². The Morgan fingerprint density at radius 3 is 2.20 bits per heavy atom. The average Bonchev–Trinajstić information content (AvgIpc) is 3.46. The summed E-state index contributed by atoms with van der Waals surface area (Å²) in [6, 6.07) is 27.4. The molecule has 0 spiro atoms. The first kappa shape index (κ1) is 28.9. The molecule has 0 aliphatic rings. The first-order valence-electron chi connectivity index (χ1n) is 13.4. The number of hydrogen-bond donors (Lipinski definition) is 0. The Hall–Kier alpha value is -3.63. The monoisotopic (exact) mass is 731 g/mol. The summed E-state index contributed by atoms with van der Waals surface area (Å²) in [5, 5.41) is 3.57. The molecule has 7 rings (SSSR count). The molecule has 0 unspecified atom stereocenters. The Labute approximate surface area is 258 Å². The molecule has 0 saturated carbocycles. The number of nitrogens with zero attached hydrogens (tertiary/aromatic N) is 2. The molecule has 3 nitrogen and oxygen atoms in total. The minimum absolute atomic E-state index is 0. The van der Waals surface area contributed by atoms with E-state index in [9.17, 15) is 0 Å². The van der Waals surface area contributed by atoms with E-state index in [1.807, 2.05) is 48.9 Å². The van der Waals surface area contributed by atoms with Crippen molar-refractivity contribution in [3.63, 3.8) is 0 Å². The number of pyridine rings is 2. The predicted molar refractivity (Wildman–Crippen MR) is 168 cm³/mol. The Morgan fingerprint density at radius 1 is 0.707 bits per heavy atom. The molecule has 0 saturated heterocycles. The maximum Gasteiger partial charge on any atom is 0.121 e. The zero-order valence-corrected chi connectivity index (χ0v) is 27.2. The van der Waals surface area contributed by atoms with Crippen LogP contribution in [0.2, 0.25) is 0 Å². The Balaban J connectivity index is 0.000000182. The van der Waals surface area contributed by atoms with Gasteiger partial charge in [-0.3, -0.25) is 0 Å². The van der Waals surface area contributed by atoms with Gasteiger partial charge in [-0.1, -0.05) is 41.6 Å². The SMILES string of the molecule is Cc1c[c-]c(-c2cc(C)c(C)cn2)cc1.Cc1ccc(-c2[c-]ccc3c2oc2cc4c(C)c(C)sc4cc23)nc1.[Ir]. The van der Waals surface area contributed by atoms with Crippen molar-refractivity contribution in [2.45, 2.75) is 41.5 Å². The van der Waals surface area contributed by atoms with E-state index in [1.165, 1.54) is 37.2 Å². The zero-order chi connectivity index (χ0) is 28.0. The van der Waals surface area contributed by atoms with Gasteiger partial charge in [0.05, 0.1) is 5.58 Å². The second kappa shape index (κ2) is 11.7. The van der Waals surface area contributed by atoms with Gasteiger partial charge in [0.1, 0.15) is 5.58 Å². The van der Waals surface area contributed by atoms with Crippen LogP contribution in [0.15, 0.2) is 77.5 Å². The molecule has 4 aromatic heterocycles. The summed E-state index contributed by atoms with van der Waals surface area (Å²) in [7, 11) is 0. The van der Waals surface area contributed by atoms with Gasteiger partial charge in [0.2, 0.25) is 0 Å². The van der Waals surface area contributed by atoms with Gasteiger partial charge in [-0.25, -0.2) is 0 Å². The molecular weight excluding hydrogens is 701 g/mol. The van der Waals surface area contributed by atoms with Gasteiger partial charge in [-0.05, 0) is 80.2 Å². The summed E-state index contributed by atoms with van der Waals surface area (Å²) in [6.07, 6.45) is 3.80. The van der Waals surface area contributed by atoms with Gasteiger partial charge in [0.25, 0.3) is 0 Å². The number of fused-ring (bicyclic) bond motifs is 4. The van der Waals surface area contributed by atoms with Gasteiger partial charge in [-0.2, -0.15) is 0 Å². The summed E-state index contributed by atoms with van der Waals surface area (Å²) in [5.41, 5.74) is 11.9. The first-order valence-corrected chi connectivity index (χ1v) is 14.2. The Kier molecular flexibility index (Phi) is 8.24. The molecule has 0 fully saturated rings. The molecule has 0 aliphatic carbocycles. The zero-order valence-electron chi connectivity index (χ0n) is 24.0. The van der Waals surface area contributed by atoms with Crippen LogP contribution in [0.1, 0.15) is 32.7 Å². The van der Waals surface area contributed by atoms with E-state index in [2.05, 4.69) is 99.2 Å². The summed E-state index contributed by atoms with van der Waals surface area (Å²) in [6.45, 7) is 12.6.